The number of aliphatic hydroxyl groups is 1. The van der Waals surface area contributed by atoms with Crippen LogP contribution in [0.15, 0.2) is 60.2 Å². The average molecular weight is 732 g/mol. The molecule has 1 atom stereocenters. The molecule has 3 aromatic heterocycles. The zero-order valence-electron chi connectivity index (χ0n) is 31.6. The minimum atomic E-state index is -0.387. The van der Waals surface area contributed by atoms with E-state index in [4.69, 9.17) is 4.98 Å². The maximum atomic E-state index is 13.9. The molecule has 2 fully saturated rings. The van der Waals surface area contributed by atoms with E-state index in [1.807, 2.05) is 24.3 Å². The second-order valence-corrected chi connectivity index (χ2v) is 16.1. The fourth-order valence-corrected chi connectivity index (χ4v) is 8.55. The van der Waals surface area contributed by atoms with Crippen molar-refractivity contribution in [2.75, 3.05) is 53.2 Å². The van der Waals surface area contributed by atoms with Crippen LogP contribution >= 0.6 is 0 Å². The number of hydrogen-bond donors (Lipinski definition) is 3. The summed E-state index contributed by atoms with van der Waals surface area (Å²) >= 11 is 0. The van der Waals surface area contributed by atoms with Gasteiger partial charge < -0.3 is 29.8 Å². The van der Waals surface area contributed by atoms with Crippen LogP contribution in [0.25, 0.3) is 11.3 Å². The van der Waals surface area contributed by atoms with Crippen molar-refractivity contribution in [3.63, 3.8) is 0 Å². The van der Waals surface area contributed by atoms with Crippen LogP contribution in [0.3, 0.4) is 0 Å². The standard InChI is InChI=1S/C41H49N9O4/c1-6-36(52)44-31-18-28(9-10-33(31)48-14-13-47(21-25(48)2)22-26-7-8-26)43-37-40(54)46(5)23-32(45-37)29-11-12-42-38(30(29)24-51)50-16-15-49-34(39(50)53)17-27-19-41(3,4)20-35(27)49/h6,9-12,17-18,23,25-26,51H,1,7-8,13-16,19-22,24H2,2-5H3,(H,43,45)(H,44,52). The Kier molecular flexibility index (Phi) is 9.17. The first-order valence-corrected chi connectivity index (χ1v) is 19.0. The van der Waals surface area contributed by atoms with Crippen molar-refractivity contribution in [3.05, 3.63) is 88.2 Å². The summed E-state index contributed by atoms with van der Waals surface area (Å²) in [4.78, 5) is 55.9. The van der Waals surface area contributed by atoms with E-state index in [-0.39, 0.29) is 41.3 Å². The monoisotopic (exact) mass is 731 g/mol. The number of nitrogens with one attached hydrogen (secondary N) is 2. The zero-order valence-corrected chi connectivity index (χ0v) is 31.6. The molecule has 0 spiro atoms. The molecular weight excluding hydrogens is 683 g/mol. The topological polar surface area (TPSA) is 141 Å². The Morgan fingerprint density at radius 3 is 2.65 bits per heavy atom. The molecule has 2 aliphatic carbocycles. The third-order valence-corrected chi connectivity index (χ3v) is 11.4. The first kappa shape index (κ1) is 35.7. The Morgan fingerprint density at radius 1 is 1.09 bits per heavy atom. The molecule has 4 aliphatic rings. The summed E-state index contributed by atoms with van der Waals surface area (Å²) < 4.78 is 3.58. The summed E-state index contributed by atoms with van der Waals surface area (Å²) in [6, 6.07) is 9.66. The number of aromatic nitrogens is 4. The van der Waals surface area contributed by atoms with Gasteiger partial charge >= 0.3 is 0 Å². The van der Waals surface area contributed by atoms with E-state index in [1.54, 1.807) is 30.4 Å². The summed E-state index contributed by atoms with van der Waals surface area (Å²) in [5, 5.41) is 16.9. The van der Waals surface area contributed by atoms with Gasteiger partial charge in [0.2, 0.25) is 5.91 Å². The number of fused-ring (bicyclic) bond motifs is 3. The summed E-state index contributed by atoms with van der Waals surface area (Å²) in [5.41, 5.74) is 6.43. The van der Waals surface area contributed by atoms with Gasteiger partial charge in [-0.25, -0.2) is 9.97 Å². The predicted octanol–water partition coefficient (Wildman–Crippen LogP) is 4.71. The molecule has 0 bridgehead atoms. The Labute approximate surface area is 315 Å². The van der Waals surface area contributed by atoms with Crippen molar-refractivity contribution in [2.45, 2.75) is 65.6 Å². The molecular formula is C41H49N9O4. The molecule has 3 N–H and O–H groups in total. The van der Waals surface area contributed by atoms with Crippen molar-refractivity contribution >= 4 is 40.5 Å². The van der Waals surface area contributed by atoms with E-state index < -0.39 is 0 Å². The van der Waals surface area contributed by atoms with E-state index in [2.05, 4.69) is 57.3 Å². The van der Waals surface area contributed by atoms with E-state index in [0.29, 0.717) is 52.8 Å². The number of anilines is 5. The van der Waals surface area contributed by atoms with Gasteiger partial charge in [0.25, 0.3) is 11.5 Å². The second-order valence-electron chi connectivity index (χ2n) is 16.1. The van der Waals surface area contributed by atoms with E-state index in [9.17, 15) is 19.5 Å². The summed E-state index contributed by atoms with van der Waals surface area (Å²) in [5.74, 6) is 0.786. The lowest BCUT2D eigenvalue weighted by Crippen LogP contribution is -2.52. The minimum Gasteiger partial charge on any atom is -0.392 e. The van der Waals surface area contributed by atoms with Crippen LogP contribution in [0.2, 0.25) is 0 Å². The SMILES string of the molecule is C=CC(=O)Nc1cc(Nc2nc(-c3ccnc(N4CCn5c(cc6c5CC(C)(C)C6)C4=O)c3CO)cn(C)c2=O)ccc1N1CCN(CC2CC2)CC1C. The highest BCUT2D eigenvalue weighted by Crippen LogP contribution is 2.40. The van der Waals surface area contributed by atoms with Crippen LogP contribution < -0.4 is 26.0 Å². The van der Waals surface area contributed by atoms with Crippen molar-refractivity contribution < 1.29 is 14.7 Å². The number of piperazine rings is 1. The van der Waals surface area contributed by atoms with Gasteiger partial charge in [-0.2, -0.15) is 0 Å². The van der Waals surface area contributed by atoms with Gasteiger partial charge in [-0.15, -0.1) is 0 Å². The quantitative estimate of drug-likeness (QED) is 0.198. The summed E-state index contributed by atoms with van der Waals surface area (Å²) in [6.07, 6.45) is 8.98. The maximum Gasteiger partial charge on any atom is 0.293 e. The molecule has 13 heteroatoms. The Morgan fingerprint density at radius 2 is 1.91 bits per heavy atom. The smallest absolute Gasteiger partial charge is 0.293 e. The number of carbonyl (C=O) groups excluding carboxylic acids is 2. The minimum absolute atomic E-state index is 0.0670. The third-order valence-electron chi connectivity index (χ3n) is 11.4. The van der Waals surface area contributed by atoms with Crippen molar-refractivity contribution in [1.82, 2.24) is 24.0 Å². The number of aliphatic hydroxyl groups excluding tert-OH is 1. The Hall–Kier alpha value is -5.27. The number of amides is 2. The highest BCUT2D eigenvalue weighted by molar-refractivity contribution is 6.06. The maximum absolute atomic E-state index is 13.9. The van der Waals surface area contributed by atoms with E-state index in [1.165, 1.54) is 34.7 Å². The average Bonchev–Trinajstić information content (AvgIpc) is 3.82. The third kappa shape index (κ3) is 6.70. The van der Waals surface area contributed by atoms with Gasteiger partial charge in [0.05, 0.1) is 23.7 Å². The fourth-order valence-electron chi connectivity index (χ4n) is 8.55. The van der Waals surface area contributed by atoms with Gasteiger partial charge in [-0.3, -0.25) is 24.2 Å². The van der Waals surface area contributed by atoms with Crippen LogP contribution in [0, 0.1) is 11.3 Å². The predicted molar refractivity (Wildman–Crippen MR) is 210 cm³/mol. The number of aryl methyl sites for hydroxylation is 1. The molecule has 1 saturated carbocycles. The highest BCUT2D eigenvalue weighted by Gasteiger charge is 2.38. The molecule has 4 aromatic rings. The highest BCUT2D eigenvalue weighted by atomic mass is 16.3. The number of carbonyl (C=O) groups is 2. The van der Waals surface area contributed by atoms with Gasteiger partial charge in [0.1, 0.15) is 11.5 Å². The molecule has 282 valence electrons. The Bertz CT molecular complexity index is 2220. The zero-order chi connectivity index (χ0) is 37.9. The fraction of sp³-hybridized carbons (Fsp3) is 0.439. The molecule has 2 amide bonds. The molecule has 8 rings (SSSR count). The largest absolute Gasteiger partial charge is 0.392 e. The van der Waals surface area contributed by atoms with Crippen LogP contribution in [-0.2, 0) is 37.8 Å². The van der Waals surface area contributed by atoms with Crippen LogP contribution in [0.1, 0.15) is 60.9 Å². The molecule has 1 unspecified atom stereocenters. The summed E-state index contributed by atoms with van der Waals surface area (Å²) in [6.45, 7) is 14.9. The van der Waals surface area contributed by atoms with Crippen LogP contribution in [0.5, 0.6) is 0 Å². The van der Waals surface area contributed by atoms with E-state index in [0.717, 1.165) is 50.6 Å². The van der Waals surface area contributed by atoms with Crippen LogP contribution in [-0.4, -0.2) is 79.7 Å². The molecule has 1 saturated heterocycles. The lowest BCUT2D eigenvalue weighted by atomic mass is 9.90. The first-order valence-electron chi connectivity index (χ1n) is 19.0. The first-order chi connectivity index (χ1) is 25.9. The second kappa shape index (κ2) is 13.9. The number of benzene rings is 1. The number of hydrogen-bond acceptors (Lipinski definition) is 9. The molecule has 5 heterocycles. The number of nitrogens with zero attached hydrogens (tertiary/aromatic N) is 7. The van der Waals surface area contributed by atoms with Gasteiger partial charge in [-0.05, 0) is 85.9 Å². The Balaban J connectivity index is 1.08. The summed E-state index contributed by atoms with van der Waals surface area (Å²) in [7, 11) is 1.64. The van der Waals surface area contributed by atoms with E-state index >= 15 is 0 Å². The van der Waals surface area contributed by atoms with Crippen molar-refractivity contribution in [2.24, 2.45) is 18.4 Å². The number of rotatable bonds is 10. The van der Waals surface area contributed by atoms with Crippen LogP contribution in [0.4, 0.5) is 28.7 Å². The number of pyridine rings is 1. The van der Waals surface area contributed by atoms with Crippen molar-refractivity contribution in [3.8, 4) is 11.3 Å². The molecule has 13 nitrogen and oxygen atoms in total. The van der Waals surface area contributed by atoms with Gasteiger partial charge in [-0.1, -0.05) is 20.4 Å². The molecule has 2 aliphatic heterocycles. The van der Waals surface area contributed by atoms with Crippen molar-refractivity contribution in [1.29, 1.82) is 0 Å². The normalized spacial score (nSPS) is 19.4. The lowest BCUT2D eigenvalue weighted by molar-refractivity contribution is -0.111. The van der Waals surface area contributed by atoms with Gasteiger partial charge in [0, 0.05) is 87.3 Å². The molecule has 54 heavy (non-hydrogen) atoms. The molecule has 1 aromatic carbocycles. The molecule has 0 radical (unpaired) electrons. The van der Waals surface area contributed by atoms with Gasteiger partial charge in [0.15, 0.2) is 5.82 Å². The lowest BCUT2D eigenvalue weighted by Gasteiger charge is -2.42.